The van der Waals surface area contributed by atoms with Gasteiger partial charge in [0.25, 0.3) is 0 Å². The highest BCUT2D eigenvalue weighted by atomic mass is 79.9. The summed E-state index contributed by atoms with van der Waals surface area (Å²) in [6.07, 6.45) is 2.39. The van der Waals surface area contributed by atoms with Gasteiger partial charge in [-0.2, -0.15) is 0 Å². The summed E-state index contributed by atoms with van der Waals surface area (Å²) >= 11 is 9.03. The summed E-state index contributed by atoms with van der Waals surface area (Å²) in [4.78, 5) is 10.5. The van der Waals surface area contributed by atoms with Gasteiger partial charge in [-0.05, 0) is 40.4 Å². The largest absolute Gasteiger partial charge is 0.481 e. The molecular formula is C13H14BrClN2O3. The van der Waals surface area contributed by atoms with E-state index in [-0.39, 0.29) is 23.1 Å². The Balaban J connectivity index is 2.00. The standard InChI is InChI=1S/C13H14BrClN2O3/c1-8(6-16-10-2-3-10)7-20-13-11(14)4-9(15)5-12(13)17(18)19/h4-5,10,16H,1-3,6-7H2. The van der Waals surface area contributed by atoms with E-state index in [4.69, 9.17) is 16.3 Å². The molecule has 0 heterocycles. The minimum Gasteiger partial charge on any atom is -0.481 e. The molecule has 0 saturated heterocycles. The highest BCUT2D eigenvalue weighted by Crippen LogP contribution is 2.38. The van der Waals surface area contributed by atoms with Crippen LogP contribution < -0.4 is 10.1 Å². The number of nitrogens with one attached hydrogen (secondary N) is 1. The predicted molar refractivity (Wildman–Crippen MR) is 81.5 cm³/mol. The molecule has 1 fully saturated rings. The zero-order valence-electron chi connectivity index (χ0n) is 10.7. The zero-order chi connectivity index (χ0) is 14.7. The van der Waals surface area contributed by atoms with E-state index in [9.17, 15) is 10.1 Å². The van der Waals surface area contributed by atoms with E-state index in [1.807, 2.05) is 0 Å². The Morgan fingerprint density at radius 3 is 2.90 bits per heavy atom. The van der Waals surface area contributed by atoms with Crippen LogP contribution in [0.5, 0.6) is 5.75 Å². The first-order valence-electron chi connectivity index (χ1n) is 6.13. The molecule has 5 nitrogen and oxygen atoms in total. The lowest BCUT2D eigenvalue weighted by Crippen LogP contribution is -2.21. The third kappa shape index (κ3) is 4.19. The van der Waals surface area contributed by atoms with E-state index in [1.165, 1.54) is 18.9 Å². The molecule has 2 rings (SSSR count). The van der Waals surface area contributed by atoms with E-state index in [2.05, 4.69) is 27.8 Å². The molecule has 0 amide bonds. The van der Waals surface area contributed by atoms with Crippen LogP contribution in [0, 0.1) is 10.1 Å². The SMILES string of the molecule is C=C(CNC1CC1)COc1c(Br)cc(Cl)cc1[N+](=O)[O-]. The fourth-order valence-electron chi connectivity index (χ4n) is 1.63. The van der Waals surface area contributed by atoms with Gasteiger partial charge in [0.05, 0.1) is 9.40 Å². The summed E-state index contributed by atoms with van der Waals surface area (Å²) in [7, 11) is 0. The molecule has 1 aromatic carbocycles. The van der Waals surface area contributed by atoms with Crippen LogP contribution in [0.1, 0.15) is 12.8 Å². The molecule has 108 valence electrons. The predicted octanol–water partition coefficient (Wildman–Crippen LogP) is 3.70. The molecule has 1 aromatic rings. The van der Waals surface area contributed by atoms with Gasteiger partial charge in [0.2, 0.25) is 5.75 Å². The lowest BCUT2D eigenvalue weighted by atomic mass is 10.3. The maximum atomic E-state index is 11.0. The summed E-state index contributed by atoms with van der Waals surface area (Å²) in [6, 6.07) is 3.42. The van der Waals surface area contributed by atoms with Crippen LogP contribution in [-0.4, -0.2) is 24.1 Å². The maximum absolute atomic E-state index is 11.0. The summed E-state index contributed by atoms with van der Waals surface area (Å²) in [5.74, 6) is 0.173. The monoisotopic (exact) mass is 360 g/mol. The van der Waals surface area contributed by atoms with Crippen molar-refractivity contribution in [3.05, 3.63) is 43.9 Å². The summed E-state index contributed by atoms with van der Waals surface area (Å²) in [5, 5.41) is 14.6. The average molecular weight is 362 g/mol. The first-order chi connectivity index (χ1) is 9.47. The van der Waals surface area contributed by atoms with E-state index in [0.29, 0.717) is 17.1 Å². The minimum absolute atomic E-state index is 0.160. The molecule has 0 atom stereocenters. The first-order valence-corrected chi connectivity index (χ1v) is 7.30. The number of hydrogen-bond acceptors (Lipinski definition) is 4. The van der Waals surface area contributed by atoms with Crippen molar-refractivity contribution < 1.29 is 9.66 Å². The molecule has 0 radical (unpaired) electrons. The number of benzene rings is 1. The van der Waals surface area contributed by atoms with Gasteiger partial charge in [0, 0.05) is 23.7 Å². The van der Waals surface area contributed by atoms with Gasteiger partial charge in [0.15, 0.2) is 0 Å². The van der Waals surface area contributed by atoms with E-state index >= 15 is 0 Å². The molecule has 7 heteroatoms. The van der Waals surface area contributed by atoms with Crippen LogP contribution in [0.15, 0.2) is 28.8 Å². The second-order valence-electron chi connectivity index (χ2n) is 4.69. The van der Waals surface area contributed by atoms with Crippen molar-refractivity contribution >= 4 is 33.2 Å². The van der Waals surface area contributed by atoms with Gasteiger partial charge >= 0.3 is 5.69 Å². The number of nitro benzene ring substituents is 1. The Morgan fingerprint density at radius 2 is 2.30 bits per heavy atom. The quantitative estimate of drug-likeness (QED) is 0.457. The highest BCUT2D eigenvalue weighted by Gasteiger charge is 2.22. The Morgan fingerprint density at radius 1 is 1.60 bits per heavy atom. The van der Waals surface area contributed by atoms with Crippen LogP contribution in [0.3, 0.4) is 0 Å². The molecular weight excluding hydrogens is 348 g/mol. The summed E-state index contributed by atoms with van der Waals surface area (Å²) in [6.45, 7) is 4.77. The van der Waals surface area contributed by atoms with Gasteiger partial charge in [-0.15, -0.1) is 0 Å². The molecule has 0 spiro atoms. The Kier molecular flexibility index (Phi) is 5.01. The Labute approximate surface area is 130 Å². The van der Waals surface area contributed by atoms with Gasteiger partial charge in [0.1, 0.15) is 6.61 Å². The summed E-state index contributed by atoms with van der Waals surface area (Å²) < 4.78 is 5.97. The van der Waals surface area contributed by atoms with E-state index in [0.717, 1.165) is 5.57 Å². The zero-order valence-corrected chi connectivity index (χ0v) is 13.0. The lowest BCUT2D eigenvalue weighted by Gasteiger charge is -2.11. The lowest BCUT2D eigenvalue weighted by molar-refractivity contribution is -0.385. The summed E-state index contributed by atoms with van der Waals surface area (Å²) in [5.41, 5.74) is 0.681. The number of ether oxygens (including phenoxy) is 1. The fourth-order valence-corrected chi connectivity index (χ4v) is 2.54. The number of hydrogen-bond donors (Lipinski definition) is 1. The van der Waals surface area contributed by atoms with E-state index in [1.54, 1.807) is 6.07 Å². The van der Waals surface area contributed by atoms with Crippen molar-refractivity contribution in [1.29, 1.82) is 0 Å². The highest BCUT2D eigenvalue weighted by molar-refractivity contribution is 9.10. The number of halogens is 2. The van der Waals surface area contributed by atoms with E-state index < -0.39 is 4.92 Å². The van der Waals surface area contributed by atoms with Gasteiger partial charge in [-0.25, -0.2) is 0 Å². The average Bonchev–Trinajstić information content (AvgIpc) is 3.18. The van der Waals surface area contributed by atoms with Crippen molar-refractivity contribution in [2.45, 2.75) is 18.9 Å². The van der Waals surface area contributed by atoms with Crippen LogP contribution in [0.25, 0.3) is 0 Å². The second kappa shape index (κ2) is 6.56. The molecule has 0 aliphatic heterocycles. The fraction of sp³-hybridized carbons (Fsp3) is 0.385. The Hall–Kier alpha value is -1.11. The van der Waals surface area contributed by atoms with Crippen molar-refractivity contribution in [3.8, 4) is 5.75 Å². The minimum atomic E-state index is -0.517. The van der Waals surface area contributed by atoms with Crippen molar-refractivity contribution in [2.24, 2.45) is 0 Å². The molecule has 1 aliphatic carbocycles. The second-order valence-corrected chi connectivity index (χ2v) is 5.98. The van der Waals surface area contributed by atoms with Gasteiger partial charge in [-0.1, -0.05) is 18.2 Å². The molecule has 1 saturated carbocycles. The van der Waals surface area contributed by atoms with Crippen molar-refractivity contribution in [1.82, 2.24) is 5.32 Å². The molecule has 0 bridgehead atoms. The number of nitro groups is 1. The van der Waals surface area contributed by atoms with Gasteiger partial charge < -0.3 is 10.1 Å². The normalized spacial score (nSPS) is 14.1. The van der Waals surface area contributed by atoms with Crippen LogP contribution in [0.2, 0.25) is 5.02 Å². The maximum Gasteiger partial charge on any atom is 0.313 e. The Bertz CT molecular complexity index is 547. The third-order valence-corrected chi connectivity index (χ3v) is 3.63. The molecule has 0 unspecified atom stereocenters. The molecule has 1 N–H and O–H groups in total. The van der Waals surface area contributed by atoms with Crippen LogP contribution in [-0.2, 0) is 0 Å². The topological polar surface area (TPSA) is 64.4 Å². The molecule has 20 heavy (non-hydrogen) atoms. The van der Waals surface area contributed by atoms with Gasteiger partial charge in [-0.3, -0.25) is 10.1 Å². The smallest absolute Gasteiger partial charge is 0.313 e. The third-order valence-electron chi connectivity index (χ3n) is 2.82. The van der Waals surface area contributed by atoms with Crippen LogP contribution >= 0.6 is 27.5 Å². The van der Waals surface area contributed by atoms with Crippen LogP contribution in [0.4, 0.5) is 5.69 Å². The molecule has 0 aromatic heterocycles. The van der Waals surface area contributed by atoms with Crippen molar-refractivity contribution in [3.63, 3.8) is 0 Å². The first kappa shape index (κ1) is 15.3. The number of nitrogens with zero attached hydrogens (tertiary/aromatic N) is 1. The molecule has 1 aliphatic rings. The van der Waals surface area contributed by atoms with Crippen molar-refractivity contribution in [2.75, 3.05) is 13.2 Å². The number of rotatable bonds is 7.